The smallest absolute Gasteiger partial charge is 0.341 e. The minimum absolute atomic E-state index is 0.00864. The highest BCUT2D eigenvalue weighted by Gasteiger charge is 2.26. The second-order valence-corrected chi connectivity index (χ2v) is 5.83. The maximum atomic E-state index is 12.1. The molecule has 0 aromatic heterocycles. The Hall–Kier alpha value is -3.62. The maximum absolute atomic E-state index is 12.1. The number of fused-ring (bicyclic) bond motifs is 1. The van der Waals surface area contributed by atoms with Crippen LogP contribution in [-0.4, -0.2) is 46.0 Å². The fourth-order valence-corrected chi connectivity index (χ4v) is 2.80. The fourth-order valence-electron chi connectivity index (χ4n) is 2.80. The number of ether oxygens (including phenoxy) is 2. The van der Waals surface area contributed by atoms with Crippen LogP contribution in [0.5, 0.6) is 5.75 Å². The molecule has 0 fully saturated rings. The number of carboxylic acids is 1. The normalized spacial score (nSPS) is 11.9. The molecule has 3 rings (SSSR count). The molecule has 0 saturated heterocycles. The largest absolute Gasteiger partial charge is 0.497 e. The van der Waals surface area contributed by atoms with Crippen molar-refractivity contribution in [1.29, 1.82) is 0 Å². The zero-order valence-electron chi connectivity index (χ0n) is 14.6. The number of aliphatic carboxylic acids is 1. The highest BCUT2D eigenvalue weighted by molar-refractivity contribution is 5.96. The van der Waals surface area contributed by atoms with Gasteiger partial charge in [0, 0.05) is 18.8 Å². The third-order valence-corrected chi connectivity index (χ3v) is 4.22. The minimum atomic E-state index is -1.11. The molecule has 0 radical (unpaired) electrons. The number of pyridine rings is 1. The van der Waals surface area contributed by atoms with E-state index in [1.54, 1.807) is 31.4 Å². The number of hydrogen-bond donors (Lipinski definition) is 2. The maximum Gasteiger partial charge on any atom is 0.341 e. The predicted octanol–water partition coefficient (Wildman–Crippen LogP) is 1.34. The molecule has 1 unspecified atom stereocenters. The molecule has 2 heterocycles. The van der Waals surface area contributed by atoms with E-state index in [0.29, 0.717) is 5.75 Å². The first kappa shape index (κ1) is 18.2. The summed E-state index contributed by atoms with van der Waals surface area (Å²) in [5.41, 5.74) is 0.493. The molecule has 0 amide bonds. The Morgan fingerprint density at radius 1 is 1.22 bits per heavy atom. The number of carbonyl (C=O) groups is 2. The van der Waals surface area contributed by atoms with Gasteiger partial charge in [0.15, 0.2) is 0 Å². The number of esters is 1. The van der Waals surface area contributed by atoms with Crippen molar-refractivity contribution in [2.45, 2.75) is 12.5 Å². The number of nitrogens with zero attached hydrogens (tertiary/aromatic N) is 2. The van der Waals surface area contributed by atoms with E-state index >= 15 is 0 Å². The quantitative estimate of drug-likeness (QED) is 0.627. The molecular weight excluding hydrogens is 354 g/mol. The molecule has 1 atom stereocenters. The van der Waals surface area contributed by atoms with Crippen LogP contribution in [0.3, 0.4) is 0 Å². The van der Waals surface area contributed by atoms with Gasteiger partial charge in [0.25, 0.3) is 5.56 Å². The molecule has 1 aromatic carbocycles. The summed E-state index contributed by atoms with van der Waals surface area (Å²) in [5.74, 6) is -1.17. The lowest BCUT2D eigenvalue weighted by Crippen LogP contribution is -2.23. The van der Waals surface area contributed by atoms with Gasteiger partial charge in [0.1, 0.15) is 23.0 Å². The Balaban J connectivity index is 2.06. The number of hydrogen-bond acceptors (Lipinski definition) is 6. The topological polar surface area (TPSA) is 124 Å². The van der Waals surface area contributed by atoms with Gasteiger partial charge in [-0.2, -0.15) is 5.10 Å². The van der Waals surface area contributed by atoms with Crippen LogP contribution in [0.15, 0.2) is 41.5 Å². The predicted molar refractivity (Wildman–Crippen MR) is 94.2 cm³/mol. The number of carbonyl (C=O) groups excluding carboxylic acids is 1. The van der Waals surface area contributed by atoms with Crippen molar-refractivity contribution in [2.75, 3.05) is 14.2 Å². The summed E-state index contributed by atoms with van der Waals surface area (Å²) in [4.78, 5) is 35.9. The Morgan fingerprint density at radius 2 is 1.93 bits per heavy atom. The SMILES string of the molecule is COC(=O)c1cn(C(Cc2ccc(OC)cc2)C(=O)O)cc2c(=O)[nH]nc1-2. The molecule has 27 heavy (non-hydrogen) atoms. The van der Waals surface area contributed by atoms with Crippen molar-refractivity contribution in [3.05, 3.63) is 58.1 Å². The molecule has 9 heteroatoms. The number of aromatic nitrogens is 3. The highest BCUT2D eigenvalue weighted by Crippen LogP contribution is 2.25. The molecule has 2 aliphatic heterocycles. The van der Waals surface area contributed by atoms with Crippen LogP contribution in [0, 0.1) is 0 Å². The van der Waals surface area contributed by atoms with E-state index in [9.17, 15) is 19.5 Å². The average Bonchev–Trinajstić information content (AvgIpc) is 3.06. The molecule has 0 saturated carbocycles. The van der Waals surface area contributed by atoms with Gasteiger partial charge in [0.2, 0.25) is 0 Å². The Bertz CT molecular complexity index is 1000. The van der Waals surface area contributed by atoms with Crippen LogP contribution in [0.25, 0.3) is 11.3 Å². The lowest BCUT2D eigenvalue weighted by molar-refractivity contribution is -0.140. The Morgan fingerprint density at radius 3 is 2.52 bits per heavy atom. The van der Waals surface area contributed by atoms with Crippen molar-refractivity contribution < 1.29 is 24.2 Å². The van der Waals surface area contributed by atoms with Crippen LogP contribution >= 0.6 is 0 Å². The van der Waals surface area contributed by atoms with Gasteiger partial charge in [0.05, 0.1) is 19.8 Å². The van der Waals surface area contributed by atoms with E-state index in [4.69, 9.17) is 9.47 Å². The van der Waals surface area contributed by atoms with Crippen LogP contribution in [0.4, 0.5) is 0 Å². The number of rotatable bonds is 6. The Kier molecular flexibility index (Phi) is 4.93. The molecule has 0 bridgehead atoms. The third-order valence-electron chi connectivity index (χ3n) is 4.22. The van der Waals surface area contributed by atoms with E-state index in [0.717, 1.165) is 5.56 Å². The van der Waals surface area contributed by atoms with Crippen LogP contribution in [-0.2, 0) is 16.0 Å². The van der Waals surface area contributed by atoms with Crippen molar-refractivity contribution >= 4 is 11.9 Å². The third kappa shape index (κ3) is 3.52. The summed E-state index contributed by atoms with van der Waals surface area (Å²) in [5, 5.41) is 15.8. The number of benzene rings is 1. The van der Waals surface area contributed by atoms with Crippen molar-refractivity contribution in [2.24, 2.45) is 0 Å². The zero-order valence-corrected chi connectivity index (χ0v) is 14.6. The van der Waals surface area contributed by atoms with Crippen LogP contribution in [0.1, 0.15) is 22.0 Å². The van der Waals surface area contributed by atoms with Crippen LogP contribution in [0.2, 0.25) is 0 Å². The lowest BCUT2D eigenvalue weighted by atomic mass is 10.0. The molecular formula is C18H17N3O6. The van der Waals surface area contributed by atoms with Gasteiger partial charge < -0.3 is 19.1 Å². The van der Waals surface area contributed by atoms with Gasteiger partial charge in [-0.05, 0) is 17.7 Å². The fraction of sp³-hybridized carbons (Fsp3) is 0.222. The molecule has 1 aromatic rings. The summed E-state index contributed by atoms with van der Waals surface area (Å²) in [6.45, 7) is 0. The van der Waals surface area contributed by atoms with Gasteiger partial charge >= 0.3 is 11.9 Å². The standard InChI is InChI=1S/C18H17N3O6/c1-26-11-5-3-10(4-6-11)7-14(17(23)24)21-8-12-15(19-20-16(12)22)13(9-21)18(25)27-2/h3-6,8-9,14H,7H2,1-2H3,(H,20,22)(H,23,24). The number of nitrogens with one attached hydrogen (secondary N) is 1. The summed E-state index contributed by atoms with van der Waals surface area (Å²) < 4.78 is 11.1. The van der Waals surface area contributed by atoms with Crippen LogP contribution < -0.4 is 10.3 Å². The van der Waals surface area contributed by atoms with E-state index in [2.05, 4.69) is 10.2 Å². The lowest BCUT2D eigenvalue weighted by Gasteiger charge is -2.19. The summed E-state index contributed by atoms with van der Waals surface area (Å²) in [6, 6.07) is 5.93. The molecule has 9 nitrogen and oxygen atoms in total. The van der Waals surface area contributed by atoms with E-state index in [1.807, 2.05) is 0 Å². The Labute approximate surface area is 153 Å². The van der Waals surface area contributed by atoms with E-state index in [1.165, 1.54) is 24.1 Å². The molecule has 2 aliphatic rings. The number of aromatic amines is 1. The van der Waals surface area contributed by atoms with Gasteiger partial charge in [-0.25, -0.2) is 14.7 Å². The first-order chi connectivity index (χ1) is 12.9. The summed E-state index contributed by atoms with van der Waals surface area (Å²) in [6.07, 6.45) is 2.84. The zero-order chi connectivity index (χ0) is 19.6. The molecule has 2 N–H and O–H groups in total. The average molecular weight is 371 g/mol. The monoisotopic (exact) mass is 371 g/mol. The first-order valence-electron chi connectivity index (χ1n) is 7.98. The van der Waals surface area contributed by atoms with E-state index < -0.39 is 23.5 Å². The number of carboxylic acid groups (broad SMARTS) is 1. The van der Waals surface area contributed by atoms with Crippen molar-refractivity contribution in [3.8, 4) is 17.0 Å². The number of methoxy groups -OCH3 is 2. The summed E-state index contributed by atoms with van der Waals surface area (Å²) >= 11 is 0. The second kappa shape index (κ2) is 7.32. The molecule has 0 spiro atoms. The van der Waals surface area contributed by atoms with Gasteiger partial charge in [-0.15, -0.1) is 0 Å². The van der Waals surface area contributed by atoms with E-state index in [-0.39, 0.29) is 23.2 Å². The van der Waals surface area contributed by atoms with Crippen molar-refractivity contribution in [3.63, 3.8) is 0 Å². The minimum Gasteiger partial charge on any atom is -0.497 e. The molecule has 0 aliphatic carbocycles. The first-order valence-corrected chi connectivity index (χ1v) is 7.98. The summed E-state index contributed by atoms with van der Waals surface area (Å²) in [7, 11) is 2.74. The highest BCUT2D eigenvalue weighted by atomic mass is 16.5. The second-order valence-electron chi connectivity index (χ2n) is 5.83. The van der Waals surface area contributed by atoms with Crippen molar-refractivity contribution in [1.82, 2.24) is 14.8 Å². The van der Waals surface area contributed by atoms with Gasteiger partial charge in [-0.1, -0.05) is 12.1 Å². The van der Waals surface area contributed by atoms with Gasteiger partial charge in [-0.3, -0.25) is 4.79 Å². The molecule has 140 valence electrons. The number of H-pyrrole nitrogens is 1.